The molecule has 1 saturated heterocycles. The van der Waals surface area contributed by atoms with Crippen molar-refractivity contribution in [3.63, 3.8) is 0 Å². The Morgan fingerprint density at radius 1 is 1.45 bits per heavy atom. The lowest BCUT2D eigenvalue weighted by atomic mass is 9.97. The highest BCUT2D eigenvalue weighted by Gasteiger charge is 2.34. The Morgan fingerprint density at radius 3 is 2.86 bits per heavy atom. The van der Waals surface area contributed by atoms with E-state index in [1.54, 1.807) is 0 Å². The van der Waals surface area contributed by atoms with Gasteiger partial charge in [-0.3, -0.25) is 9.69 Å². The molecule has 1 unspecified atom stereocenters. The zero-order valence-corrected chi connectivity index (χ0v) is 13.1. The van der Waals surface area contributed by atoms with E-state index in [4.69, 9.17) is 0 Å². The molecule has 1 aliphatic rings. The molecule has 0 aromatic carbocycles. The van der Waals surface area contributed by atoms with E-state index in [0.29, 0.717) is 32.4 Å². The number of likely N-dealkylation sites (tertiary alicyclic amines) is 1. The zero-order valence-electron chi connectivity index (χ0n) is 12.3. The van der Waals surface area contributed by atoms with Crippen molar-refractivity contribution in [1.82, 2.24) is 20.4 Å². The average molecular weight is 336 g/mol. The monoisotopic (exact) mass is 336 g/mol. The third kappa shape index (κ3) is 5.53. The van der Waals surface area contributed by atoms with E-state index in [1.807, 2.05) is 6.92 Å². The number of piperidine rings is 1. The van der Waals surface area contributed by atoms with Gasteiger partial charge in [-0.15, -0.1) is 21.5 Å². The Hall–Kier alpha value is -1.22. The summed E-state index contributed by atoms with van der Waals surface area (Å²) in [6.07, 6.45) is -2.37. The molecule has 5 nitrogen and oxygen atoms in total. The smallest absolute Gasteiger partial charge is 0.355 e. The van der Waals surface area contributed by atoms with E-state index in [9.17, 15) is 18.0 Å². The van der Waals surface area contributed by atoms with Crippen LogP contribution >= 0.6 is 11.3 Å². The summed E-state index contributed by atoms with van der Waals surface area (Å²) in [5.41, 5.74) is 0. The number of rotatable bonds is 5. The first-order valence-corrected chi connectivity index (χ1v) is 8.01. The summed E-state index contributed by atoms with van der Waals surface area (Å²) in [5, 5.41) is 12.4. The molecule has 0 bridgehead atoms. The second kappa shape index (κ2) is 7.36. The van der Waals surface area contributed by atoms with Gasteiger partial charge in [0.2, 0.25) is 5.91 Å². The van der Waals surface area contributed by atoms with E-state index in [0.717, 1.165) is 10.0 Å². The summed E-state index contributed by atoms with van der Waals surface area (Å²) < 4.78 is 37.2. The van der Waals surface area contributed by atoms with E-state index in [2.05, 4.69) is 15.5 Å². The van der Waals surface area contributed by atoms with Crippen molar-refractivity contribution < 1.29 is 18.0 Å². The minimum atomic E-state index is -4.21. The fraction of sp³-hybridized carbons (Fsp3) is 0.769. The predicted octanol–water partition coefficient (Wildman–Crippen LogP) is 1.78. The van der Waals surface area contributed by atoms with Crippen molar-refractivity contribution in [1.29, 1.82) is 0 Å². The summed E-state index contributed by atoms with van der Waals surface area (Å²) in [6, 6.07) is 0. The number of hydrogen-bond donors (Lipinski definition) is 1. The van der Waals surface area contributed by atoms with Gasteiger partial charge in [-0.25, -0.2) is 0 Å². The van der Waals surface area contributed by atoms with Crippen LogP contribution in [0.1, 0.15) is 22.9 Å². The lowest BCUT2D eigenvalue weighted by molar-refractivity contribution is -0.152. The summed E-state index contributed by atoms with van der Waals surface area (Å²) in [6.45, 7) is 1.91. The molecule has 2 rings (SSSR count). The molecular weight excluding hydrogens is 317 g/mol. The summed E-state index contributed by atoms with van der Waals surface area (Å²) in [5.74, 6) is -0.541. The molecule has 1 amide bonds. The van der Waals surface area contributed by atoms with Gasteiger partial charge in [-0.2, -0.15) is 13.2 Å². The van der Waals surface area contributed by atoms with Crippen LogP contribution in [0, 0.1) is 12.8 Å². The molecule has 1 N–H and O–H groups in total. The Kier molecular flexibility index (Phi) is 5.74. The quantitative estimate of drug-likeness (QED) is 0.890. The lowest BCUT2D eigenvalue weighted by Crippen LogP contribution is -2.46. The van der Waals surface area contributed by atoms with Gasteiger partial charge in [-0.05, 0) is 26.3 Å². The van der Waals surface area contributed by atoms with Gasteiger partial charge in [0.25, 0.3) is 0 Å². The Morgan fingerprint density at radius 2 is 2.23 bits per heavy atom. The third-order valence-corrected chi connectivity index (χ3v) is 4.38. The van der Waals surface area contributed by atoms with E-state index >= 15 is 0 Å². The van der Waals surface area contributed by atoms with Gasteiger partial charge in [0.1, 0.15) is 10.0 Å². The molecule has 22 heavy (non-hydrogen) atoms. The first-order chi connectivity index (χ1) is 10.3. The molecule has 0 saturated carbocycles. The largest absolute Gasteiger partial charge is 0.401 e. The first kappa shape index (κ1) is 17.1. The Balaban J connectivity index is 1.74. The van der Waals surface area contributed by atoms with Crippen LogP contribution in [-0.4, -0.2) is 53.4 Å². The number of aromatic nitrogens is 2. The molecule has 2 heterocycles. The number of hydrogen-bond acceptors (Lipinski definition) is 5. The van der Waals surface area contributed by atoms with Gasteiger partial charge in [-0.1, -0.05) is 0 Å². The number of amides is 1. The van der Waals surface area contributed by atoms with E-state index < -0.39 is 12.7 Å². The highest BCUT2D eigenvalue weighted by Crippen LogP contribution is 2.22. The van der Waals surface area contributed by atoms with Crippen molar-refractivity contribution in [3.8, 4) is 0 Å². The minimum Gasteiger partial charge on any atom is -0.355 e. The van der Waals surface area contributed by atoms with Crippen molar-refractivity contribution >= 4 is 17.2 Å². The van der Waals surface area contributed by atoms with Crippen LogP contribution in [0.3, 0.4) is 0 Å². The number of alkyl halides is 3. The second-order valence-electron chi connectivity index (χ2n) is 5.45. The zero-order chi connectivity index (χ0) is 16.2. The van der Waals surface area contributed by atoms with Crippen LogP contribution in [0.5, 0.6) is 0 Å². The minimum absolute atomic E-state index is 0.170. The molecule has 1 atom stereocenters. The maximum Gasteiger partial charge on any atom is 0.401 e. The number of halogens is 3. The molecule has 0 spiro atoms. The normalized spacial score (nSPS) is 20.1. The van der Waals surface area contributed by atoms with Crippen LogP contribution in [0.25, 0.3) is 0 Å². The molecule has 0 radical (unpaired) electrons. The van der Waals surface area contributed by atoms with Gasteiger partial charge in [0, 0.05) is 19.5 Å². The number of nitrogens with one attached hydrogen (secondary N) is 1. The topological polar surface area (TPSA) is 58.1 Å². The predicted molar refractivity (Wildman–Crippen MR) is 76.6 cm³/mol. The van der Waals surface area contributed by atoms with Crippen LogP contribution < -0.4 is 5.32 Å². The van der Waals surface area contributed by atoms with Crippen LogP contribution in [-0.2, 0) is 11.2 Å². The van der Waals surface area contributed by atoms with E-state index in [1.165, 1.54) is 16.2 Å². The van der Waals surface area contributed by atoms with Crippen molar-refractivity contribution in [2.24, 2.45) is 5.92 Å². The van der Waals surface area contributed by atoms with Crippen LogP contribution in [0.15, 0.2) is 0 Å². The average Bonchev–Trinajstić information content (AvgIpc) is 2.83. The van der Waals surface area contributed by atoms with Gasteiger partial charge in [0.15, 0.2) is 0 Å². The molecule has 1 aromatic heterocycles. The summed E-state index contributed by atoms with van der Waals surface area (Å²) in [7, 11) is 0. The standard InChI is InChI=1S/C13H19F3N4OS/c1-9-18-19-11(22-9)4-5-17-12(21)10-3-2-6-20(7-10)8-13(14,15)16/h10H,2-8H2,1H3,(H,17,21). The Bertz CT molecular complexity index is 506. The van der Waals surface area contributed by atoms with Gasteiger partial charge < -0.3 is 5.32 Å². The molecule has 1 aliphatic heterocycles. The van der Waals surface area contributed by atoms with Crippen molar-refractivity contribution in [2.45, 2.75) is 32.4 Å². The highest BCUT2D eigenvalue weighted by atomic mass is 32.1. The third-order valence-electron chi connectivity index (χ3n) is 3.49. The highest BCUT2D eigenvalue weighted by molar-refractivity contribution is 7.11. The maximum atomic E-state index is 12.4. The van der Waals surface area contributed by atoms with Crippen LogP contribution in [0.2, 0.25) is 0 Å². The fourth-order valence-electron chi connectivity index (χ4n) is 2.54. The van der Waals surface area contributed by atoms with Gasteiger partial charge in [0.05, 0.1) is 12.5 Å². The summed E-state index contributed by atoms with van der Waals surface area (Å²) >= 11 is 1.47. The maximum absolute atomic E-state index is 12.4. The second-order valence-corrected chi connectivity index (χ2v) is 6.71. The molecule has 1 fully saturated rings. The SMILES string of the molecule is Cc1nnc(CCNC(=O)C2CCCN(CC(F)(F)F)C2)s1. The first-order valence-electron chi connectivity index (χ1n) is 7.19. The van der Waals surface area contributed by atoms with Crippen LogP contribution in [0.4, 0.5) is 13.2 Å². The number of nitrogens with zero attached hydrogens (tertiary/aromatic N) is 3. The summed E-state index contributed by atoms with van der Waals surface area (Å²) in [4.78, 5) is 13.4. The lowest BCUT2D eigenvalue weighted by Gasteiger charge is -2.32. The number of carbonyl (C=O) groups is 1. The number of aryl methyl sites for hydroxylation is 1. The van der Waals surface area contributed by atoms with Crippen molar-refractivity contribution in [3.05, 3.63) is 10.0 Å². The van der Waals surface area contributed by atoms with E-state index in [-0.39, 0.29) is 18.4 Å². The van der Waals surface area contributed by atoms with Gasteiger partial charge >= 0.3 is 6.18 Å². The molecule has 124 valence electrons. The molecule has 1 aromatic rings. The molecule has 9 heteroatoms. The number of carbonyl (C=O) groups excluding carboxylic acids is 1. The molecular formula is C13H19F3N4OS. The Labute approximate surface area is 130 Å². The van der Waals surface area contributed by atoms with Crippen molar-refractivity contribution in [2.75, 3.05) is 26.2 Å². The molecule has 0 aliphatic carbocycles. The fourth-order valence-corrected chi connectivity index (χ4v) is 3.25.